The van der Waals surface area contributed by atoms with Gasteiger partial charge in [0.05, 0.1) is 24.6 Å². The summed E-state index contributed by atoms with van der Waals surface area (Å²) in [6, 6.07) is 1.60. The van der Waals surface area contributed by atoms with Crippen LogP contribution in [0.25, 0.3) is 0 Å². The van der Waals surface area contributed by atoms with Crippen molar-refractivity contribution < 1.29 is 14.3 Å². The highest BCUT2D eigenvalue weighted by molar-refractivity contribution is 5.78. The van der Waals surface area contributed by atoms with Crippen molar-refractivity contribution in [2.24, 2.45) is 13.0 Å². The fraction of sp³-hybridized carbons (Fsp3) is 0.706. The highest BCUT2D eigenvalue weighted by Gasteiger charge is 2.23. The van der Waals surface area contributed by atoms with Crippen molar-refractivity contribution in [2.45, 2.75) is 25.4 Å². The average molecular weight is 350 g/mol. The summed E-state index contributed by atoms with van der Waals surface area (Å²) in [5.74, 6) is 0.191. The Labute approximate surface area is 147 Å². The molecule has 25 heavy (non-hydrogen) atoms. The highest BCUT2D eigenvalue weighted by atomic mass is 16.5. The van der Waals surface area contributed by atoms with Crippen molar-refractivity contribution in [2.75, 3.05) is 44.4 Å². The zero-order valence-electron chi connectivity index (χ0n) is 14.6. The fourth-order valence-corrected chi connectivity index (χ4v) is 3.22. The number of hydrogen-bond donors (Lipinski definition) is 1. The number of morpholine rings is 1. The molecule has 0 spiro atoms. The first-order chi connectivity index (χ1) is 12.1. The van der Waals surface area contributed by atoms with Crippen molar-refractivity contribution in [1.82, 2.24) is 15.1 Å². The molecule has 8 heteroatoms. The molecule has 0 aromatic carbocycles. The summed E-state index contributed by atoms with van der Waals surface area (Å²) in [5, 5.41) is 7.08. The zero-order chi connectivity index (χ0) is 17.6. The van der Waals surface area contributed by atoms with E-state index in [1.54, 1.807) is 19.3 Å². The van der Waals surface area contributed by atoms with E-state index >= 15 is 0 Å². The van der Waals surface area contributed by atoms with Crippen LogP contribution in [0.4, 0.5) is 5.69 Å². The van der Waals surface area contributed by atoms with E-state index in [1.165, 1.54) is 4.68 Å². The summed E-state index contributed by atoms with van der Waals surface area (Å²) in [4.78, 5) is 26.0. The van der Waals surface area contributed by atoms with Crippen LogP contribution in [0.1, 0.15) is 19.3 Å². The minimum Gasteiger partial charge on any atom is -0.381 e. The van der Waals surface area contributed by atoms with Crippen molar-refractivity contribution in [3.05, 3.63) is 22.6 Å². The lowest BCUT2D eigenvalue weighted by Crippen LogP contribution is -2.44. The minimum absolute atomic E-state index is 0.0350. The Bertz CT molecular complexity index is 642. The Morgan fingerprint density at radius 2 is 2.16 bits per heavy atom. The third kappa shape index (κ3) is 4.79. The second-order valence-corrected chi connectivity index (χ2v) is 6.58. The molecular formula is C17H26N4O4. The number of amides is 1. The number of hydrogen-bond acceptors (Lipinski definition) is 6. The number of ether oxygens (including phenoxy) is 2. The summed E-state index contributed by atoms with van der Waals surface area (Å²) in [6.07, 6.45) is 4.10. The van der Waals surface area contributed by atoms with Crippen molar-refractivity contribution >= 4 is 11.6 Å². The second-order valence-electron chi connectivity index (χ2n) is 6.58. The lowest BCUT2D eigenvalue weighted by Gasteiger charge is -2.34. The lowest BCUT2D eigenvalue weighted by molar-refractivity contribution is -0.127. The van der Waals surface area contributed by atoms with Gasteiger partial charge >= 0.3 is 0 Å². The monoisotopic (exact) mass is 350 g/mol. The molecule has 2 saturated heterocycles. The Kier molecular flexibility index (Phi) is 6.04. The summed E-state index contributed by atoms with van der Waals surface area (Å²) >= 11 is 0. The third-order valence-electron chi connectivity index (χ3n) is 4.82. The van der Waals surface area contributed by atoms with Crippen LogP contribution in [0, 0.1) is 5.92 Å². The first kappa shape index (κ1) is 17.9. The van der Waals surface area contributed by atoms with Gasteiger partial charge in [0.1, 0.15) is 0 Å². The Hall–Kier alpha value is -1.93. The lowest BCUT2D eigenvalue weighted by atomic mass is 9.99. The van der Waals surface area contributed by atoms with E-state index < -0.39 is 0 Å². The zero-order valence-corrected chi connectivity index (χ0v) is 14.6. The summed E-state index contributed by atoms with van der Waals surface area (Å²) < 4.78 is 12.4. The molecule has 1 atom stereocenters. The SMILES string of the molecule is Cn1ncc(N2CCO[C@@H](CCNC(=O)C3CCOCC3)C2)cc1=O. The number of carbonyl (C=O) groups excluding carboxylic acids is 1. The van der Waals surface area contributed by atoms with Crippen molar-refractivity contribution in [3.63, 3.8) is 0 Å². The molecule has 3 heterocycles. The van der Waals surface area contributed by atoms with Gasteiger partial charge in [-0.2, -0.15) is 5.10 Å². The Balaban J connectivity index is 1.46. The van der Waals surface area contributed by atoms with Crippen LogP contribution in [0.2, 0.25) is 0 Å². The van der Waals surface area contributed by atoms with Gasteiger partial charge in [-0.05, 0) is 19.3 Å². The van der Waals surface area contributed by atoms with Gasteiger partial charge in [0.2, 0.25) is 5.91 Å². The summed E-state index contributed by atoms with van der Waals surface area (Å²) in [6.45, 7) is 3.98. The van der Waals surface area contributed by atoms with Crippen molar-refractivity contribution in [3.8, 4) is 0 Å². The predicted molar refractivity (Wildman–Crippen MR) is 92.6 cm³/mol. The van der Waals surface area contributed by atoms with Crippen LogP contribution < -0.4 is 15.8 Å². The minimum atomic E-state index is -0.121. The molecule has 2 fully saturated rings. The van der Waals surface area contributed by atoms with Gasteiger partial charge in [-0.3, -0.25) is 9.59 Å². The molecule has 3 rings (SSSR count). The molecule has 138 valence electrons. The molecular weight excluding hydrogens is 324 g/mol. The van der Waals surface area contributed by atoms with E-state index in [0.29, 0.717) is 32.9 Å². The molecule has 2 aliphatic heterocycles. The summed E-state index contributed by atoms with van der Waals surface area (Å²) in [7, 11) is 1.63. The number of anilines is 1. The summed E-state index contributed by atoms with van der Waals surface area (Å²) in [5.41, 5.74) is 0.701. The fourth-order valence-electron chi connectivity index (χ4n) is 3.22. The van der Waals surface area contributed by atoms with E-state index in [4.69, 9.17) is 9.47 Å². The van der Waals surface area contributed by atoms with Crippen LogP contribution in [0.5, 0.6) is 0 Å². The molecule has 1 amide bonds. The van der Waals surface area contributed by atoms with E-state index in [-0.39, 0.29) is 23.5 Å². The van der Waals surface area contributed by atoms with Crippen molar-refractivity contribution in [1.29, 1.82) is 0 Å². The maximum atomic E-state index is 12.1. The molecule has 0 radical (unpaired) electrons. The first-order valence-corrected chi connectivity index (χ1v) is 8.89. The smallest absolute Gasteiger partial charge is 0.268 e. The highest BCUT2D eigenvalue weighted by Crippen LogP contribution is 2.17. The molecule has 0 aliphatic carbocycles. The van der Waals surface area contributed by atoms with E-state index in [9.17, 15) is 9.59 Å². The molecule has 0 bridgehead atoms. The Morgan fingerprint density at radius 3 is 2.92 bits per heavy atom. The van der Waals surface area contributed by atoms with E-state index in [2.05, 4.69) is 15.3 Å². The van der Waals surface area contributed by atoms with Gasteiger partial charge in [-0.15, -0.1) is 0 Å². The van der Waals surface area contributed by atoms with Gasteiger partial charge in [0, 0.05) is 51.9 Å². The predicted octanol–water partition coefficient (Wildman–Crippen LogP) is -0.0816. The number of aryl methyl sites for hydroxylation is 1. The molecule has 2 aliphatic rings. The van der Waals surface area contributed by atoms with Crippen LogP contribution in [0.3, 0.4) is 0 Å². The van der Waals surface area contributed by atoms with E-state index in [1.807, 2.05) is 0 Å². The molecule has 0 saturated carbocycles. The third-order valence-corrected chi connectivity index (χ3v) is 4.82. The maximum absolute atomic E-state index is 12.1. The maximum Gasteiger partial charge on any atom is 0.268 e. The largest absolute Gasteiger partial charge is 0.381 e. The Morgan fingerprint density at radius 1 is 1.36 bits per heavy atom. The van der Waals surface area contributed by atoms with Crippen LogP contribution in [0.15, 0.2) is 17.1 Å². The number of nitrogens with one attached hydrogen (secondary N) is 1. The first-order valence-electron chi connectivity index (χ1n) is 8.89. The standard InChI is InChI=1S/C17H26N4O4/c1-20-16(22)10-14(11-19-20)21-6-9-25-15(12-21)2-5-18-17(23)13-3-7-24-8-4-13/h10-11,13,15H,2-9,12H2,1H3,(H,18,23)/t15-/m0/s1. The molecule has 0 unspecified atom stereocenters. The molecule has 1 aromatic rings. The van der Waals surface area contributed by atoms with Gasteiger partial charge in [0.15, 0.2) is 0 Å². The molecule has 1 aromatic heterocycles. The second kappa shape index (κ2) is 8.44. The molecule has 1 N–H and O–H groups in total. The van der Waals surface area contributed by atoms with Crippen LogP contribution in [-0.2, 0) is 21.3 Å². The number of nitrogens with zero attached hydrogens (tertiary/aromatic N) is 3. The normalized spacial score (nSPS) is 22.0. The van der Waals surface area contributed by atoms with Gasteiger partial charge in [-0.25, -0.2) is 4.68 Å². The molecule has 8 nitrogen and oxygen atoms in total. The number of aromatic nitrogens is 2. The van der Waals surface area contributed by atoms with Gasteiger partial charge < -0.3 is 19.7 Å². The average Bonchev–Trinajstić information content (AvgIpc) is 2.65. The topological polar surface area (TPSA) is 85.7 Å². The van der Waals surface area contributed by atoms with Gasteiger partial charge in [0.25, 0.3) is 5.56 Å². The van der Waals surface area contributed by atoms with Gasteiger partial charge in [-0.1, -0.05) is 0 Å². The van der Waals surface area contributed by atoms with E-state index in [0.717, 1.165) is 31.5 Å². The van der Waals surface area contributed by atoms with Crippen LogP contribution in [-0.4, -0.2) is 61.2 Å². The van der Waals surface area contributed by atoms with Crippen LogP contribution >= 0.6 is 0 Å². The quantitative estimate of drug-likeness (QED) is 0.799. The number of carbonyl (C=O) groups is 1. The number of rotatable bonds is 5.